The zero-order valence-corrected chi connectivity index (χ0v) is 16.1. The molecule has 29 heavy (non-hydrogen) atoms. The molecule has 7 nitrogen and oxygen atoms in total. The third-order valence-electron chi connectivity index (χ3n) is 5.65. The first-order valence-electron chi connectivity index (χ1n) is 9.60. The van der Waals surface area contributed by atoms with Crippen LogP contribution in [0.1, 0.15) is 44.9 Å². The van der Waals surface area contributed by atoms with Crippen molar-refractivity contribution in [2.24, 2.45) is 0 Å². The van der Waals surface area contributed by atoms with E-state index in [1.165, 1.54) is 11.0 Å². The smallest absolute Gasteiger partial charge is 0.274 e. The Morgan fingerprint density at radius 1 is 1.10 bits per heavy atom. The van der Waals surface area contributed by atoms with Crippen LogP contribution in [0.3, 0.4) is 0 Å². The van der Waals surface area contributed by atoms with Crippen LogP contribution < -0.4 is 0 Å². The summed E-state index contributed by atoms with van der Waals surface area (Å²) < 4.78 is 31.9. The number of hydrogen-bond acceptors (Lipinski definition) is 4. The molecule has 4 rings (SSSR count). The maximum absolute atomic E-state index is 13.4. The van der Waals surface area contributed by atoms with Crippen molar-refractivity contribution in [2.45, 2.75) is 31.9 Å². The number of aromatic nitrogens is 2. The molecule has 2 aromatic rings. The molecule has 154 valence electrons. The number of H-pyrrole nitrogens is 1. The zero-order chi connectivity index (χ0) is 20.5. The highest BCUT2D eigenvalue weighted by atomic mass is 19.2. The minimum Gasteiger partial charge on any atom is -0.381 e. The average molecular weight is 404 g/mol. The van der Waals surface area contributed by atoms with Gasteiger partial charge in [-0.15, -0.1) is 0 Å². The second-order valence-corrected chi connectivity index (χ2v) is 7.36. The Morgan fingerprint density at radius 3 is 2.55 bits per heavy atom. The van der Waals surface area contributed by atoms with Gasteiger partial charge in [0.1, 0.15) is 0 Å². The normalized spacial score (nSPS) is 17.3. The number of carbonyl (C=O) groups excluding carboxylic acids is 2. The van der Waals surface area contributed by atoms with E-state index < -0.39 is 17.5 Å². The van der Waals surface area contributed by atoms with Crippen LogP contribution >= 0.6 is 0 Å². The van der Waals surface area contributed by atoms with Gasteiger partial charge >= 0.3 is 0 Å². The van der Waals surface area contributed by atoms with Gasteiger partial charge in [-0.25, -0.2) is 8.78 Å². The number of halogens is 2. The highest BCUT2D eigenvalue weighted by Crippen LogP contribution is 2.24. The number of benzene rings is 1. The number of nitrogens with one attached hydrogen (secondary N) is 1. The van der Waals surface area contributed by atoms with Gasteiger partial charge in [-0.3, -0.25) is 14.7 Å². The quantitative estimate of drug-likeness (QED) is 0.850. The third-order valence-corrected chi connectivity index (χ3v) is 5.65. The maximum Gasteiger partial charge on any atom is 0.274 e. The molecule has 0 unspecified atom stereocenters. The Morgan fingerprint density at radius 2 is 1.86 bits per heavy atom. The van der Waals surface area contributed by atoms with Crippen molar-refractivity contribution in [1.82, 2.24) is 20.0 Å². The number of piperidine rings is 1. The summed E-state index contributed by atoms with van der Waals surface area (Å²) in [5.74, 6) is -2.55. The summed E-state index contributed by atoms with van der Waals surface area (Å²) in [4.78, 5) is 28.8. The topological polar surface area (TPSA) is 78.5 Å². The lowest BCUT2D eigenvalue weighted by molar-refractivity contribution is 0.0347. The lowest BCUT2D eigenvalue weighted by atomic mass is 10.0. The molecule has 0 bridgehead atoms. The molecular weight excluding hydrogens is 382 g/mol. The summed E-state index contributed by atoms with van der Waals surface area (Å²) in [7, 11) is 1.68. The lowest BCUT2D eigenvalue weighted by Crippen LogP contribution is -2.41. The maximum atomic E-state index is 13.4. The van der Waals surface area contributed by atoms with Gasteiger partial charge in [0.2, 0.25) is 0 Å². The molecule has 3 heterocycles. The van der Waals surface area contributed by atoms with Gasteiger partial charge in [0, 0.05) is 37.9 Å². The summed E-state index contributed by atoms with van der Waals surface area (Å²) >= 11 is 0. The molecule has 9 heteroatoms. The molecule has 0 atom stereocenters. The van der Waals surface area contributed by atoms with Crippen LogP contribution in [0, 0.1) is 11.6 Å². The van der Waals surface area contributed by atoms with Gasteiger partial charge < -0.3 is 14.5 Å². The van der Waals surface area contributed by atoms with Gasteiger partial charge in [0.05, 0.1) is 18.3 Å². The predicted molar refractivity (Wildman–Crippen MR) is 99.3 cm³/mol. The molecule has 0 aliphatic carbocycles. The molecule has 2 amide bonds. The van der Waals surface area contributed by atoms with Crippen molar-refractivity contribution < 1.29 is 23.1 Å². The van der Waals surface area contributed by atoms with Crippen molar-refractivity contribution in [2.75, 3.05) is 26.7 Å². The molecule has 1 fully saturated rings. The minimum atomic E-state index is -1.06. The fourth-order valence-electron chi connectivity index (χ4n) is 3.92. The molecule has 0 saturated carbocycles. The number of rotatable bonds is 3. The molecule has 0 spiro atoms. The van der Waals surface area contributed by atoms with E-state index in [1.54, 1.807) is 12.0 Å². The second-order valence-electron chi connectivity index (χ2n) is 7.36. The van der Waals surface area contributed by atoms with E-state index in [0.717, 1.165) is 30.5 Å². The van der Waals surface area contributed by atoms with Crippen LogP contribution in [-0.4, -0.2) is 64.7 Å². The van der Waals surface area contributed by atoms with Crippen LogP contribution in [0.25, 0.3) is 0 Å². The monoisotopic (exact) mass is 404 g/mol. The summed E-state index contributed by atoms with van der Waals surface area (Å²) in [5, 5.41) is 7.08. The lowest BCUT2D eigenvalue weighted by Gasteiger charge is -2.31. The van der Waals surface area contributed by atoms with Crippen molar-refractivity contribution in [1.29, 1.82) is 0 Å². The molecule has 2 aliphatic rings. The molecular formula is C20H22F2N4O3. The van der Waals surface area contributed by atoms with Crippen molar-refractivity contribution in [3.8, 4) is 0 Å². The standard InChI is InChI=1S/C20H22F2N4O3/c1-29-13-4-7-25(8-5-13)20(28)18-14-6-9-26(11-17(14)23-24-18)19(27)12-2-3-15(21)16(22)10-12/h2-3,10,13H,4-9,11H2,1H3,(H,23,24). The fraction of sp³-hybridized carbons (Fsp3) is 0.450. The molecule has 1 N–H and O–H groups in total. The summed E-state index contributed by atoms with van der Waals surface area (Å²) in [6, 6.07) is 3.11. The highest BCUT2D eigenvalue weighted by molar-refractivity contribution is 5.95. The van der Waals surface area contributed by atoms with Gasteiger partial charge in [-0.05, 0) is 37.5 Å². The molecule has 1 aromatic carbocycles. The zero-order valence-electron chi connectivity index (χ0n) is 16.1. The second kappa shape index (κ2) is 7.90. The third kappa shape index (κ3) is 3.74. The van der Waals surface area contributed by atoms with E-state index in [4.69, 9.17) is 4.74 Å². The summed E-state index contributed by atoms with van der Waals surface area (Å²) in [6.45, 7) is 1.86. The number of amides is 2. The number of hydrogen-bond donors (Lipinski definition) is 1. The average Bonchev–Trinajstić information content (AvgIpc) is 3.18. The van der Waals surface area contributed by atoms with Crippen molar-refractivity contribution in [3.05, 3.63) is 52.3 Å². The van der Waals surface area contributed by atoms with Crippen molar-refractivity contribution >= 4 is 11.8 Å². The van der Waals surface area contributed by atoms with Crippen LogP contribution in [0.4, 0.5) is 8.78 Å². The molecule has 0 radical (unpaired) electrons. The molecule has 1 aromatic heterocycles. The Hall–Kier alpha value is -2.81. The number of carbonyl (C=O) groups is 2. The highest BCUT2D eigenvalue weighted by Gasteiger charge is 2.31. The first-order valence-corrected chi connectivity index (χ1v) is 9.60. The van der Waals surface area contributed by atoms with E-state index in [0.29, 0.717) is 37.4 Å². The van der Waals surface area contributed by atoms with E-state index in [9.17, 15) is 18.4 Å². The van der Waals surface area contributed by atoms with E-state index in [2.05, 4.69) is 10.2 Å². The Labute approximate surface area is 166 Å². The van der Waals surface area contributed by atoms with Gasteiger partial charge in [0.15, 0.2) is 17.3 Å². The predicted octanol–water partition coefficient (Wildman–Crippen LogP) is 2.14. The van der Waals surface area contributed by atoms with Crippen LogP contribution in [0.15, 0.2) is 18.2 Å². The van der Waals surface area contributed by atoms with E-state index >= 15 is 0 Å². The SMILES string of the molecule is COC1CCN(C(=O)c2n[nH]c3c2CCN(C(=O)c2ccc(F)c(F)c2)C3)CC1. The molecule has 2 aliphatic heterocycles. The van der Waals surface area contributed by atoms with Crippen LogP contribution in [-0.2, 0) is 17.7 Å². The number of methoxy groups -OCH3 is 1. The Kier molecular flexibility index (Phi) is 5.31. The van der Waals surface area contributed by atoms with E-state index in [-0.39, 0.29) is 24.1 Å². The largest absolute Gasteiger partial charge is 0.381 e. The first kappa shape index (κ1) is 19.5. The number of likely N-dealkylation sites (tertiary alicyclic amines) is 1. The number of aromatic amines is 1. The molecule has 1 saturated heterocycles. The number of nitrogens with zero attached hydrogens (tertiary/aromatic N) is 3. The van der Waals surface area contributed by atoms with Crippen molar-refractivity contribution in [3.63, 3.8) is 0 Å². The van der Waals surface area contributed by atoms with Gasteiger partial charge in [0.25, 0.3) is 11.8 Å². The summed E-state index contributed by atoms with van der Waals surface area (Å²) in [6.07, 6.45) is 2.25. The first-order chi connectivity index (χ1) is 14.0. The fourth-order valence-corrected chi connectivity index (χ4v) is 3.92. The number of ether oxygens (including phenoxy) is 1. The van der Waals surface area contributed by atoms with Gasteiger partial charge in [-0.2, -0.15) is 5.10 Å². The Bertz CT molecular complexity index is 938. The van der Waals surface area contributed by atoms with E-state index in [1.807, 2.05) is 0 Å². The Balaban J connectivity index is 1.46. The van der Waals surface area contributed by atoms with Gasteiger partial charge in [-0.1, -0.05) is 0 Å². The van der Waals surface area contributed by atoms with Crippen LogP contribution in [0.5, 0.6) is 0 Å². The minimum absolute atomic E-state index is 0.0872. The van der Waals surface area contributed by atoms with Crippen LogP contribution in [0.2, 0.25) is 0 Å². The summed E-state index contributed by atoms with van der Waals surface area (Å²) in [5.41, 5.74) is 2.00. The number of fused-ring (bicyclic) bond motifs is 1.